The fraction of sp³-hybridized carbons (Fsp3) is 0.579. The molecule has 28 heavy (non-hydrogen) atoms. The molecule has 1 N–H and O–H groups in total. The topological polar surface area (TPSA) is 109 Å². The van der Waals surface area contributed by atoms with Gasteiger partial charge in [0.1, 0.15) is 17.5 Å². The molecule has 3 rings (SSSR count). The van der Waals surface area contributed by atoms with Crippen molar-refractivity contribution in [3.05, 3.63) is 23.5 Å². The van der Waals surface area contributed by atoms with Gasteiger partial charge >= 0.3 is 5.97 Å². The summed E-state index contributed by atoms with van der Waals surface area (Å²) in [5.74, 6) is 0.286. The summed E-state index contributed by atoms with van der Waals surface area (Å²) in [7, 11) is 1.72. The quantitative estimate of drug-likeness (QED) is 0.740. The normalized spacial score (nSPS) is 19.6. The van der Waals surface area contributed by atoms with Gasteiger partial charge in [-0.05, 0) is 32.9 Å². The molecule has 0 unspecified atom stereocenters. The minimum absolute atomic E-state index is 0.158. The van der Waals surface area contributed by atoms with Crippen LogP contribution in [0, 0.1) is 6.92 Å². The highest BCUT2D eigenvalue weighted by atomic mass is 16.6. The molecule has 1 aliphatic heterocycles. The summed E-state index contributed by atoms with van der Waals surface area (Å²) >= 11 is 0. The molecular weight excluding hydrogens is 364 g/mol. The first kappa shape index (κ1) is 20.2. The second-order valence-electron chi connectivity index (χ2n) is 7.06. The van der Waals surface area contributed by atoms with Crippen molar-refractivity contribution >= 4 is 5.97 Å². The number of esters is 1. The Balaban J connectivity index is 1.70. The van der Waals surface area contributed by atoms with Gasteiger partial charge in [0.2, 0.25) is 0 Å². The van der Waals surface area contributed by atoms with Gasteiger partial charge < -0.3 is 19.3 Å². The zero-order valence-electron chi connectivity index (χ0n) is 16.6. The number of nitrogens with zero attached hydrogens (tertiary/aromatic N) is 4. The van der Waals surface area contributed by atoms with Crippen LogP contribution in [0.4, 0.5) is 0 Å². The Morgan fingerprint density at radius 1 is 1.43 bits per heavy atom. The van der Waals surface area contributed by atoms with Crippen LogP contribution < -0.4 is 4.74 Å². The van der Waals surface area contributed by atoms with Crippen LogP contribution >= 0.6 is 0 Å². The summed E-state index contributed by atoms with van der Waals surface area (Å²) in [6.45, 7) is 5.73. The van der Waals surface area contributed by atoms with Crippen LogP contribution in [0.5, 0.6) is 5.75 Å². The van der Waals surface area contributed by atoms with Crippen LogP contribution in [0.2, 0.25) is 0 Å². The van der Waals surface area contributed by atoms with Crippen molar-refractivity contribution in [2.45, 2.75) is 58.5 Å². The van der Waals surface area contributed by atoms with Crippen molar-refractivity contribution in [2.75, 3.05) is 6.61 Å². The van der Waals surface area contributed by atoms with Crippen molar-refractivity contribution in [2.24, 2.45) is 7.05 Å². The molecule has 152 valence electrons. The fourth-order valence-electron chi connectivity index (χ4n) is 3.08. The summed E-state index contributed by atoms with van der Waals surface area (Å²) in [6.07, 6.45) is 0.174. The van der Waals surface area contributed by atoms with Crippen molar-refractivity contribution < 1.29 is 24.1 Å². The number of aromatic nitrogens is 4. The molecule has 0 amide bonds. The first-order valence-corrected chi connectivity index (χ1v) is 9.35. The number of carbonyl (C=O) groups excluding carboxylic acids is 1. The maximum Gasteiger partial charge on any atom is 0.335 e. The van der Waals surface area contributed by atoms with Crippen LogP contribution in [-0.4, -0.2) is 56.0 Å². The van der Waals surface area contributed by atoms with Gasteiger partial charge in [-0.2, -0.15) is 0 Å². The highest BCUT2D eigenvalue weighted by molar-refractivity contribution is 5.75. The van der Waals surface area contributed by atoms with Gasteiger partial charge in [-0.1, -0.05) is 5.21 Å². The molecule has 3 heterocycles. The third-order valence-corrected chi connectivity index (χ3v) is 4.52. The molecule has 2 aromatic rings. The van der Waals surface area contributed by atoms with E-state index in [1.807, 2.05) is 26.8 Å². The fourth-order valence-corrected chi connectivity index (χ4v) is 3.08. The molecular formula is C19H26N4O5. The average Bonchev–Trinajstić information content (AvgIpc) is 3.03. The van der Waals surface area contributed by atoms with E-state index in [1.165, 1.54) is 4.68 Å². The number of carbonyl (C=O) groups is 1. The highest BCUT2D eigenvalue weighted by Gasteiger charge is 2.31. The Kier molecular flexibility index (Phi) is 6.25. The molecule has 2 aromatic heterocycles. The number of aliphatic hydroxyl groups is 1. The first-order chi connectivity index (χ1) is 13.4. The lowest BCUT2D eigenvalue weighted by Gasteiger charge is -2.29. The standard InChI is InChI=1S/C19H26N4O5/c1-11(2)27-19(25)17-9-13(7-8-26-17)28-16-6-5-14(20-12(16)3)18-15(10-24)23(4)22-21-18/h5-6,11,13,17,24H,7-10H2,1-4H3/t13-,17-/m1/s1. The van der Waals surface area contributed by atoms with E-state index < -0.39 is 6.10 Å². The minimum atomic E-state index is -0.611. The molecule has 9 nitrogen and oxygen atoms in total. The van der Waals surface area contributed by atoms with Gasteiger partial charge in [-0.15, -0.1) is 5.10 Å². The summed E-state index contributed by atoms with van der Waals surface area (Å²) in [4.78, 5) is 16.6. The van der Waals surface area contributed by atoms with E-state index in [9.17, 15) is 9.90 Å². The molecule has 2 atom stereocenters. The summed E-state index contributed by atoms with van der Waals surface area (Å²) in [6, 6.07) is 3.61. The maximum absolute atomic E-state index is 12.1. The Morgan fingerprint density at radius 2 is 2.21 bits per heavy atom. The summed E-state index contributed by atoms with van der Waals surface area (Å²) in [5, 5.41) is 17.5. The number of hydrogen-bond donors (Lipinski definition) is 1. The third-order valence-electron chi connectivity index (χ3n) is 4.52. The van der Waals surface area contributed by atoms with Gasteiger partial charge in [0.05, 0.1) is 36.4 Å². The minimum Gasteiger partial charge on any atom is -0.488 e. The second-order valence-corrected chi connectivity index (χ2v) is 7.06. The predicted molar refractivity (Wildman–Crippen MR) is 99.5 cm³/mol. The molecule has 1 fully saturated rings. The Morgan fingerprint density at radius 3 is 2.89 bits per heavy atom. The Bertz CT molecular complexity index is 836. The molecule has 0 spiro atoms. The number of pyridine rings is 1. The van der Waals surface area contributed by atoms with E-state index in [0.717, 1.165) is 0 Å². The average molecular weight is 390 g/mol. The lowest BCUT2D eigenvalue weighted by molar-refractivity contribution is -0.167. The van der Waals surface area contributed by atoms with Crippen LogP contribution in [-0.2, 0) is 27.9 Å². The van der Waals surface area contributed by atoms with E-state index >= 15 is 0 Å². The van der Waals surface area contributed by atoms with Gasteiger partial charge in [0, 0.05) is 19.9 Å². The van der Waals surface area contributed by atoms with Gasteiger partial charge in [0.15, 0.2) is 6.10 Å². The molecule has 0 saturated carbocycles. The number of rotatable bonds is 6. The molecule has 1 saturated heterocycles. The highest BCUT2D eigenvalue weighted by Crippen LogP contribution is 2.27. The lowest BCUT2D eigenvalue weighted by atomic mass is 10.1. The predicted octanol–water partition coefficient (Wildman–Crippen LogP) is 1.56. The first-order valence-electron chi connectivity index (χ1n) is 9.35. The molecule has 0 radical (unpaired) electrons. The number of aliphatic hydroxyl groups excluding tert-OH is 1. The van der Waals surface area contributed by atoms with E-state index in [1.54, 1.807) is 13.1 Å². The smallest absolute Gasteiger partial charge is 0.335 e. The summed E-state index contributed by atoms with van der Waals surface area (Å²) in [5.41, 5.74) is 2.45. The zero-order valence-corrected chi connectivity index (χ0v) is 16.6. The molecule has 9 heteroatoms. The lowest BCUT2D eigenvalue weighted by Crippen LogP contribution is -2.39. The van der Waals surface area contributed by atoms with Gasteiger partial charge in [0.25, 0.3) is 0 Å². The molecule has 0 bridgehead atoms. The monoisotopic (exact) mass is 390 g/mol. The van der Waals surface area contributed by atoms with E-state index in [0.29, 0.717) is 48.0 Å². The SMILES string of the molecule is Cc1nc(-c2nnn(C)c2CO)ccc1O[C@@H]1CCO[C@@H](C(=O)OC(C)C)C1. The van der Waals surface area contributed by atoms with Crippen molar-refractivity contribution in [1.29, 1.82) is 0 Å². The second kappa shape index (κ2) is 8.66. The molecule has 0 aliphatic carbocycles. The third kappa shape index (κ3) is 4.48. The number of hydrogen-bond acceptors (Lipinski definition) is 8. The number of aryl methyl sites for hydroxylation is 2. The summed E-state index contributed by atoms with van der Waals surface area (Å²) < 4.78 is 18.4. The van der Waals surface area contributed by atoms with E-state index in [-0.39, 0.29) is 24.8 Å². The number of ether oxygens (including phenoxy) is 3. The zero-order chi connectivity index (χ0) is 20.3. The van der Waals surface area contributed by atoms with Crippen molar-refractivity contribution in [3.8, 4) is 17.1 Å². The Hall–Kier alpha value is -2.52. The van der Waals surface area contributed by atoms with E-state index in [2.05, 4.69) is 15.3 Å². The molecule has 1 aliphatic rings. The van der Waals surface area contributed by atoms with Gasteiger partial charge in [-0.3, -0.25) is 0 Å². The van der Waals surface area contributed by atoms with E-state index in [4.69, 9.17) is 14.2 Å². The maximum atomic E-state index is 12.1. The van der Waals surface area contributed by atoms with Crippen LogP contribution in [0.1, 0.15) is 38.1 Å². The van der Waals surface area contributed by atoms with Crippen molar-refractivity contribution in [3.63, 3.8) is 0 Å². The van der Waals surface area contributed by atoms with Crippen LogP contribution in [0.25, 0.3) is 11.4 Å². The molecule has 0 aromatic carbocycles. The Labute approximate surface area is 163 Å². The van der Waals surface area contributed by atoms with Crippen LogP contribution in [0.15, 0.2) is 12.1 Å². The van der Waals surface area contributed by atoms with Crippen LogP contribution in [0.3, 0.4) is 0 Å². The van der Waals surface area contributed by atoms with Crippen molar-refractivity contribution in [1.82, 2.24) is 20.0 Å². The van der Waals surface area contributed by atoms with Gasteiger partial charge in [-0.25, -0.2) is 14.5 Å². The largest absolute Gasteiger partial charge is 0.488 e.